The first-order valence-electron chi connectivity index (χ1n) is 8.34. The van der Waals surface area contributed by atoms with Gasteiger partial charge in [0.1, 0.15) is 6.04 Å². The highest BCUT2D eigenvalue weighted by molar-refractivity contribution is 5.90. The lowest BCUT2D eigenvalue weighted by Crippen LogP contribution is -2.44. The number of amides is 2. The molecule has 4 heteroatoms. The molecule has 0 aromatic heterocycles. The van der Waals surface area contributed by atoms with Crippen molar-refractivity contribution >= 4 is 11.8 Å². The minimum atomic E-state index is -0.142. The summed E-state index contributed by atoms with van der Waals surface area (Å²) in [5.74, 6) is 1.19. The number of carbonyl (C=O) groups is 2. The summed E-state index contributed by atoms with van der Waals surface area (Å²) < 4.78 is 0. The molecule has 1 aliphatic carbocycles. The Labute approximate surface area is 121 Å². The normalized spacial score (nSPS) is 28.7. The fourth-order valence-corrected chi connectivity index (χ4v) is 4.05. The lowest BCUT2D eigenvalue weighted by Gasteiger charge is -2.28. The van der Waals surface area contributed by atoms with Crippen molar-refractivity contribution in [3.05, 3.63) is 0 Å². The fraction of sp³-hybridized carbons (Fsp3) is 0.875. The van der Waals surface area contributed by atoms with Gasteiger partial charge in [-0.15, -0.1) is 0 Å². The van der Waals surface area contributed by atoms with Crippen LogP contribution >= 0.6 is 0 Å². The summed E-state index contributed by atoms with van der Waals surface area (Å²) in [5, 5.41) is 0. The zero-order chi connectivity index (χ0) is 13.9. The summed E-state index contributed by atoms with van der Waals surface area (Å²) in [4.78, 5) is 28.4. The summed E-state index contributed by atoms with van der Waals surface area (Å²) in [7, 11) is 0. The van der Waals surface area contributed by atoms with Crippen molar-refractivity contribution in [3.8, 4) is 0 Å². The van der Waals surface area contributed by atoms with E-state index in [1.807, 2.05) is 9.80 Å². The molecule has 1 atom stereocenters. The van der Waals surface area contributed by atoms with E-state index in [2.05, 4.69) is 0 Å². The molecule has 4 nitrogen and oxygen atoms in total. The van der Waals surface area contributed by atoms with Gasteiger partial charge in [0.2, 0.25) is 11.8 Å². The van der Waals surface area contributed by atoms with Gasteiger partial charge in [0.15, 0.2) is 0 Å². The number of fused-ring (bicyclic) bond motifs is 1. The van der Waals surface area contributed by atoms with Gasteiger partial charge in [-0.1, -0.05) is 32.1 Å². The summed E-state index contributed by atoms with van der Waals surface area (Å²) in [6.07, 6.45) is 10.3. The van der Waals surface area contributed by atoms with Gasteiger partial charge < -0.3 is 9.80 Å². The lowest BCUT2D eigenvalue weighted by atomic mass is 9.87. The minimum Gasteiger partial charge on any atom is -0.340 e. The topological polar surface area (TPSA) is 40.6 Å². The molecule has 112 valence electrons. The molecule has 0 aromatic rings. The second kappa shape index (κ2) is 6.15. The van der Waals surface area contributed by atoms with Crippen LogP contribution in [0.2, 0.25) is 0 Å². The van der Waals surface area contributed by atoms with Gasteiger partial charge in [-0.25, -0.2) is 0 Å². The maximum absolute atomic E-state index is 12.6. The Morgan fingerprint density at radius 2 is 1.75 bits per heavy atom. The van der Waals surface area contributed by atoms with Gasteiger partial charge >= 0.3 is 0 Å². The van der Waals surface area contributed by atoms with E-state index >= 15 is 0 Å². The van der Waals surface area contributed by atoms with Crippen LogP contribution in [0, 0.1) is 5.92 Å². The largest absolute Gasteiger partial charge is 0.340 e. The molecule has 2 aliphatic heterocycles. The predicted molar refractivity (Wildman–Crippen MR) is 77.1 cm³/mol. The summed E-state index contributed by atoms with van der Waals surface area (Å²) in [5.41, 5.74) is 0. The fourth-order valence-electron chi connectivity index (χ4n) is 4.05. The second-order valence-corrected chi connectivity index (χ2v) is 6.61. The van der Waals surface area contributed by atoms with Crippen molar-refractivity contribution in [2.75, 3.05) is 19.6 Å². The van der Waals surface area contributed by atoms with Crippen LogP contribution in [0.5, 0.6) is 0 Å². The Kier molecular flexibility index (Phi) is 4.27. The van der Waals surface area contributed by atoms with E-state index in [-0.39, 0.29) is 17.9 Å². The molecule has 2 heterocycles. The van der Waals surface area contributed by atoms with Crippen molar-refractivity contribution in [2.45, 2.75) is 63.8 Å². The van der Waals surface area contributed by atoms with E-state index in [9.17, 15) is 9.59 Å². The van der Waals surface area contributed by atoms with Crippen molar-refractivity contribution in [3.63, 3.8) is 0 Å². The van der Waals surface area contributed by atoms with Gasteiger partial charge in [-0.2, -0.15) is 0 Å². The van der Waals surface area contributed by atoms with Crippen LogP contribution in [0.3, 0.4) is 0 Å². The highest BCUT2D eigenvalue weighted by atomic mass is 16.2. The third-order valence-corrected chi connectivity index (χ3v) is 5.30. The van der Waals surface area contributed by atoms with Crippen molar-refractivity contribution in [2.24, 2.45) is 5.92 Å². The molecule has 3 fully saturated rings. The first kappa shape index (κ1) is 13.9. The van der Waals surface area contributed by atoms with Gasteiger partial charge in [0.25, 0.3) is 0 Å². The lowest BCUT2D eigenvalue weighted by molar-refractivity contribution is -0.139. The molecule has 0 bridgehead atoms. The van der Waals surface area contributed by atoms with Gasteiger partial charge in [-0.3, -0.25) is 9.59 Å². The maximum Gasteiger partial charge on any atom is 0.245 e. The Balaban J connectivity index is 1.58. The summed E-state index contributed by atoms with van der Waals surface area (Å²) >= 11 is 0. The van der Waals surface area contributed by atoms with Crippen LogP contribution in [-0.2, 0) is 9.59 Å². The van der Waals surface area contributed by atoms with Gasteiger partial charge in [0.05, 0.1) is 0 Å². The van der Waals surface area contributed by atoms with Crippen molar-refractivity contribution in [1.82, 2.24) is 9.80 Å². The standard InChI is InChI=1S/C16H26N2O2/c19-15-9-12-17(11-8-13-5-2-1-3-6-13)16(20)14-7-4-10-18(14)15/h13-14H,1-12H2. The van der Waals surface area contributed by atoms with E-state index in [1.54, 1.807) is 0 Å². The number of nitrogens with zero attached hydrogens (tertiary/aromatic N) is 2. The third-order valence-electron chi connectivity index (χ3n) is 5.30. The van der Waals surface area contributed by atoms with Crippen LogP contribution in [0.4, 0.5) is 0 Å². The number of carbonyl (C=O) groups excluding carboxylic acids is 2. The first-order chi connectivity index (χ1) is 9.75. The van der Waals surface area contributed by atoms with Crippen LogP contribution in [0.1, 0.15) is 57.8 Å². The molecule has 3 aliphatic rings. The van der Waals surface area contributed by atoms with E-state index in [1.165, 1.54) is 32.1 Å². The van der Waals surface area contributed by atoms with Crippen LogP contribution in [0.15, 0.2) is 0 Å². The molecule has 2 amide bonds. The zero-order valence-electron chi connectivity index (χ0n) is 12.4. The average Bonchev–Trinajstić information content (AvgIpc) is 2.93. The van der Waals surface area contributed by atoms with Crippen LogP contribution in [0.25, 0.3) is 0 Å². The molecule has 1 unspecified atom stereocenters. The molecule has 3 rings (SSSR count). The Hall–Kier alpha value is -1.06. The Morgan fingerprint density at radius 1 is 0.950 bits per heavy atom. The average molecular weight is 278 g/mol. The predicted octanol–water partition coefficient (Wildman–Crippen LogP) is 2.18. The highest BCUT2D eigenvalue weighted by Crippen LogP contribution is 2.28. The van der Waals surface area contributed by atoms with E-state index in [4.69, 9.17) is 0 Å². The summed E-state index contributed by atoms with van der Waals surface area (Å²) in [6.45, 7) is 2.28. The van der Waals surface area contributed by atoms with Crippen molar-refractivity contribution < 1.29 is 9.59 Å². The van der Waals surface area contributed by atoms with E-state index in [0.29, 0.717) is 13.0 Å². The monoisotopic (exact) mass is 278 g/mol. The quantitative estimate of drug-likeness (QED) is 0.794. The highest BCUT2D eigenvalue weighted by Gasteiger charge is 2.39. The molecular formula is C16H26N2O2. The smallest absolute Gasteiger partial charge is 0.245 e. The number of hydrogen-bond acceptors (Lipinski definition) is 2. The zero-order valence-corrected chi connectivity index (χ0v) is 12.4. The van der Waals surface area contributed by atoms with Crippen LogP contribution < -0.4 is 0 Å². The molecule has 0 spiro atoms. The number of hydrogen-bond donors (Lipinski definition) is 0. The van der Waals surface area contributed by atoms with Gasteiger partial charge in [0, 0.05) is 26.1 Å². The maximum atomic E-state index is 12.6. The molecule has 0 radical (unpaired) electrons. The molecule has 20 heavy (non-hydrogen) atoms. The molecule has 0 aromatic carbocycles. The summed E-state index contributed by atoms with van der Waals surface area (Å²) in [6, 6.07) is -0.142. The minimum absolute atomic E-state index is 0.142. The van der Waals surface area contributed by atoms with E-state index < -0.39 is 0 Å². The second-order valence-electron chi connectivity index (χ2n) is 6.61. The number of rotatable bonds is 3. The van der Waals surface area contributed by atoms with Crippen molar-refractivity contribution in [1.29, 1.82) is 0 Å². The Morgan fingerprint density at radius 3 is 2.55 bits per heavy atom. The SMILES string of the molecule is O=C1C2CCCN2C(=O)CCN1CCC1CCCCC1. The molecule has 0 N–H and O–H groups in total. The van der Waals surface area contributed by atoms with E-state index in [0.717, 1.165) is 38.3 Å². The molecule has 1 saturated carbocycles. The Bertz CT molecular complexity index is 377. The van der Waals surface area contributed by atoms with Gasteiger partial charge in [-0.05, 0) is 25.2 Å². The first-order valence-corrected chi connectivity index (χ1v) is 8.34. The molecular weight excluding hydrogens is 252 g/mol. The van der Waals surface area contributed by atoms with Crippen LogP contribution in [-0.4, -0.2) is 47.3 Å². The molecule has 2 saturated heterocycles. The third kappa shape index (κ3) is 2.84.